The molecule has 246 valence electrons. The van der Waals surface area contributed by atoms with Crippen molar-refractivity contribution in [1.29, 1.82) is 5.41 Å². The average Bonchev–Trinajstić information content (AvgIpc) is 3.43. The maximum Gasteiger partial charge on any atom is 0.202 e. The number of fused-ring (bicyclic) bond motifs is 6. The molecule has 0 amide bonds. The molecule has 5 aliphatic rings. The van der Waals surface area contributed by atoms with E-state index < -0.39 is 89.5 Å². The number of aliphatic hydroxyl groups is 2. The minimum absolute atomic E-state index is 0.00379. The van der Waals surface area contributed by atoms with Gasteiger partial charge in [-0.15, -0.1) is 0 Å². The highest BCUT2D eigenvalue weighted by Gasteiger charge is 2.55. The van der Waals surface area contributed by atoms with Crippen LogP contribution in [0, 0.1) is 5.41 Å². The summed E-state index contributed by atoms with van der Waals surface area (Å²) in [7, 11) is 2.90. The van der Waals surface area contributed by atoms with Crippen molar-refractivity contribution in [2.24, 2.45) is 0 Å². The minimum Gasteiger partial charge on any atom is -0.507 e. The topological polar surface area (TPSA) is 198 Å². The van der Waals surface area contributed by atoms with Crippen molar-refractivity contribution >= 4 is 17.3 Å². The van der Waals surface area contributed by atoms with Gasteiger partial charge in [0.2, 0.25) is 5.78 Å². The number of aliphatic hydroxyl groups excluding tert-OH is 1. The SMILES string of the molecule is COc1cccc2c1C(=O)c1c(O)c3c(c(O)c1C2=O)C[C@@](O)(C(=N)CO)C[C@@H]3OC1C[C@H]2[C@H](O[C@@H]3[C@@H](OC)OCCN32)[C@H](C)O1. The number of hydrogen-bond donors (Lipinski definition) is 5. The lowest BCUT2D eigenvalue weighted by Gasteiger charge is -2.43. The molecule has 7 rings (SSSR count). The van der Waals surface area contributed by atoms with Crippen LogP contribution in [0.4, 0.5) is 0 Å². The van der Waals surface area contributed by atoms with Gasteiger partial charge in [-0.2, -0.15) is 0 Å². The second-order valence-electron chi connectivity index (χ2n) is 12.3. The monoisotopic (exact) mass is 640 g/mol. The Morgan fingerprint density at radius 2 is 1.87 bits per heavy atom. The summed E-state index contributed by atoms with van der Waals surface area (Å²) < 4.78 is 35.5. The third kappa shape index (κ3) is 4.51. The van der Waals surface area contributed by atoms with Gasteiger partial charge in [0.05, 0.1) is 54.9 Å². The quantitative estimate of drug-likeness (QED) is 0.190. The van der Waals surface area contributed by atoms with Crippen LogP contribution in [0.2, 0.25) is 0 Å². The zero-order valence-electron chi connectivity index (χ0n) is 25.5. The fourth-order valence-electron chi connectivity index (χ4n) is 7.71. The molecule has 1 unspecified atom stereocenters. The molecule has 3 aliphatic heterocycles. The molecule has 5 N–H and O–H groups in total. The van der Waals surface area contributed by atoms with Crippen LogP contribution in [0.25, 0.3) is 0 Å². The molecule has 14 heteroatoms. The normalized spacial score (nSPS) is 33.5. The van der Waals surface area contributed by atoms with Crippen LogP contribution in [-0.4, -0.2) is 119 Å². The maximum atomic E-state index is 13.9. The van der Waals surface area contributed by atoms with Crippen molar-refractivity contribution in [3.05, 3.63) is 51.6 Å². The zero-order chi connectivity index (χ0) is 32.7. The molecule has 0 spiro atoms. The third-order valence-electron chi connectivity index (χ3n) is 9.90. The largest absolute Gasteiger partial charge is 0.507 e. The van der Waals surface area contributed by atoms with Crippen molar-refractivity contribution in [2.75, 3.05) is 34.0 Å². The maximum absolute atomic E-state index is 13.9. The fraction of sp³-hybridized carbons (Fsp3) is 0.531. The Bertz CT molecular complexity index is 1630. The van der Waals surface area contributed by atoms with Gasteiger partial charge in [0, 0.05) is 55.6 Å². The number of benzene rings is 2. The Hall–Kier alpha value is -3.47. The van der Waals surface area contributed by atoms with E-state index in [9.17, 15) is 30.0 Å². The number of phenols is 2. The molecule has 2 aliphatic carbocycles. The molecule has 3 saturated heterocycles. The number of methoxy groups -OCH3 is 2. The summed E-state index contributed by atoms with van der Waals surface area (Å²) in [6, 6.07) is 4.34. The molecule has 0 aromatic heterocycles. The smallest absolute Gasteiger partial charge is 0.202 e. The van der Waals surface area contributed by atoms with Crippen molar-refractivity contribution in [3.8, 4) is 17.2 Å². The molecular formula is C32H36N2O12. The van der Waals surface area contributed by atoms with Crippen LogP contribution in [0.5, 0.6) is 17.2 Å². The van der Waals surface area contributed by atoms with Crippen LogP contribution in [-0.2, 0) is 30.1 Å². The van der Waals surface area contributed by atoms with E-state index in [0.717, 1.165) is 0 Å². The minimum atomic E-state index is -2.01. The number of morpholine rings is 1. The molecule has 8 atom stereocenters. The van der Waals surface area contributed by atoms with E-state index >= 15 is 0 Å². The number of hydrogen-bond acceptors (Lipinski definition) is 14. The molecule has 14 nitrogen and oxygen atoms in total. The Morgan fingerprint density at radius 3 is 2.59 bits per heavy atom. The highest BCUT2D eigenvalue weighted by atomic mass is 16.7. The number of carbonyl (C=O) groups excluding carboxylic acids is 2. The Kier molecular flexibility index (Phi) is 7.68. The first kappa shape index (κ1) is 31.1. The first-order chi connectivity index (χ1) is 22.0. The van der Waals surface area contributed by atoms with Gasteiger partial charge in [0.15, 0.2) is 24.6 Å². The van der Waals surface area contributed by atoms with Gasteiger partial charge in [0.25, 0.3) is 0 Å². The number of phenolic OH excluding ortho intramolecular Hbond substituents is 2. The molecular weight excluding hydrogens is 604 g/mol. The predicted octanol–water partition coefficient (Wildman–Crippen LogP) is 1.16. The second-order valence-corrected chi connectivity index (χ2v) is 12.3. The molecule has 2 aromatic rings. The van der Waals surface area contributed by atoms with Gasteiger partial charge in [-0.05, 0) is 13.0 Å². The second kappa shape index (κ2) is 11.3. The molecule has 0 radical (unpaired) electrons. The first-order valence-electron chi connectivity index (χ1n) is 15.2. The standard InChI is InChI=1S/C32H36N2O12/c1-13-29-16(34-7-8-43-31(42-3)30(34)46-29)9-20(44-13)45-18-11-32(40,19(33)12-35)10-15-22(18)28(39)24-23(26(15)37)25(36)14-5-4-6-17(41-2)21(14)27(24)38/h4-6,13,16,18,20,29-31,33,35,37,39-40H,7-12H2,1-3H3/t13-,16-,18-,20?,29+,30+,31-,32-/m0/s1. The van der Waals surface area contributed by atoms with Crippen LogP contribution in [0.15, 0.2) is 18.2 Å². The Balaban J connectivity index is 1.30. The van der Waals surface area contributed by atoms with E-state index in [1.54, 1.807) is 7.11 Å². The summed E-state index contributed by atoms with van der Waals surface area (Å²) in [5, 5.41) is 53.2. The summed E-state index contributed by atoms with van der Waals surface area (Å²) in [5.41, 5.74) is -3.39. The molecule has 2 aromatic carbocycles. The Labute approximate surface area is 263 Å². The van der Waals surface area contributed by atoms with E-state index in [4.69, 9.17) is 33.8 Å². The summed E-state index contributed by atoms with van der Waals surface area (Å²) >= 11 is 0. The average molecular weight is 641 g/mol. The van der Waals surface area contributed by atoms with Crippen LogP contribution in [0.3, 0.4) is 0 Å². The lowest BCUT2D eigenvalue weighted by atomic mass is 9.71. The van der Waals surface area contributed by atoms with Crippen LogP contribution >= 0.6 is 0 Å². The van der Waals surface area contributed by atoms with Crippen LogP contribution in [0.1, 0.15) is 68.8 Å². The van der Waals surface area contributed by atoms with Gasteiger partial charge in [-0.1, -0.05) is 12.1 Å². The fourth-order valence-corrected chi connectivity index (χ4v) is 7.71. The van der Waals surface area contributed by atoms with Crippen LogP contribution < -0.4 is 4.74 Å². The summed E-state index contributed by atoms with van der Waals surface area (Å²) in [5.74, 6) is -2.50. The van der Waals surface area contributed by atoms with E-state index in [2.05, 4.69) is 4.90 Å². The third-order valence-corrected chi connectivity index (χ3v) is 9.90. The van der Waals surface area contributed by atoms with Gasteiger partial charge < -0.3 is 54.3 Å². The van der Waals surface area contributed by atoms with E-state index in [1.165, 1.54) is 25.3 Å². The molecule has 0 saturated carbocycles. The lowest BCUT2D eigenvalue weighted by Crippen LogP contribution is -2.55. The predicted molar refractivity (Wildman–Crippen MR) is 156 cm³/mol. The number of nitrogens with zero attached hydrogens (tertiary/aromatic N) is 1. The van der Waals surface area contributed by atoms with Crippen molar-refractivity contribution < 1.29 is 58.4 Å². The highest BCUT2D eigenvalue weighted by molar-refractivity contribution is 6.31. The first-order valence-corrected chi connectivity index (χ1v) is 15.2. The number of rotatable bonds is 6. The summed E-state index contributed by atoms with van der Waals surface area (Å²) in [4.78, 5) is 29.8. The van der Waals surface area contributed by atoms with Crippen molar-refractivity contribution in [1.82, 2.24) is 4.90 Å². The lowest BCUT2D eigenvalue weighted by molar-refractivity contribution is -0.255. The number of ether oxygens (including phenoxy) is 6. The number of ketones is 2. The number of nitrogens with one attached hydrogen (secondary N) is 1. The summed E-state index contributed by atoms with van der Waals surface area (Å²) in [6.45, 7) is 2.09. The number of carbonyl (C=O) groups is 2. The van der Waals surface area contributed by atoms with Gasteiger partial charge >= 0.3 is 0 Å². The Morgan fingerprint density at radius 1 is 1.11 bits per heavy atom. The molecule has 0 bridgehead atoms. The van der Waals surface area contributed by atoms with Gasteiger partial charge in [-0.25, -0.2) is 0 Å². The number of aromatic hydroxyl groups is 2. The van der Waals surface area contributed by atoms with E-state index in [0.29, 0.717) is 19.6 Å². The van der Waals surface area contributed by atoms with Gasteiger partial charge in [0.1, 0.15) is 29.0 Å². The van der Waals surface area contributed by atoms with Gasteiger partial charge in [-0.3, -0.25) is 14.5 Å². The van der Waals surface area contributed by atoms with E-state index in [1.807, 2.05) is 6.92 Å². The van der Waals surface area contributed by atoms with E-state index in [-0.39, 0.29) is 46.6 Å². The highest BCUT2D eigenvalue weighted by Crippen LogP contribution is 2.53. The summed E-state index contributed by atoms with van der Waals surface area (Å²) in [6.07, 6.45) is -4.31. The van der Waals surface area contributed by atoms with Crippen molar-refractivity contribution in [3.63, 3.8) is 0 Å². The molecule has 3 heterocycles. The molecule has 46 heavy (non-hydrogen) atoms. The molecule has 3 fully saturated rings. The van der Waals surface area contributed by atoms with Crippen molar-refractivity contribution in [2.45, 2.75) is 74.9 Å². The zero-order valence-corrected chi connectivity index (χ0v) is 25.5.